The minimum Gasteiger partial charge on any atom is -0.384 e. The Bertz CT molecular complexity index is 722. The van der Waals surface area contributed by atoms with Crippen molar-refractivity contribution in [3.63, 3.8) is 0 Å². The third kappa shape index (κ3) is 3.86. The van der Waals surface area contributed by atoms with E-state index < -0.39 is 17.4 Å². The van der Waals surface area contributed by atoms with Crippen molar-refractivity contribution in [3.8, 4) is 11.4 Å². The highest BCUT2D eigenvalue weighted by atomic mass is 19.3. The van der Waals surface area contributed by atoms with Crippen LogP contribution >= 0.6 is 0 Å². The Kier molecular flexibility index (Phi) is 4.86. The topological polar surface area (TPSA) is 71.6 Å². The molecule has 3 rings (SSSR count). The number of alkyl halides is 2. The molecule has 8 heteroatoms. The molecule has 1 fully saturated rings. The summed E-state index contributed by atoms with van der Waals surface area (Å²) in [6.07, 6.45) is 0. The summed E-state index contributed by atoms with van der Waals surface area (Å²) >= 11 is 0. The van der Waals surface area contributed by atoms with E-state index in [2.05, 4.69) is 15.0 Å². The molecule has 1 aromatic carbocycles. The lowest BCUT2D eigenvalue weighted by atomic mass is 10.0. The van der Waals surface area contributed by atoms with Crippen LogP contribution in [0.5, 0.6) is 0 Å². The predicted molar refractivity (Wildman–Crippen MR) is 86.0 cm³/mol. The van der Waals surface area contributed by atoms with E-state index in [1.54, 1.807) is 6.07 Å². The molecule has 2 aromatic rings. The molecule has 2 heterocycles. The van der Waals surface area contributed by atoms with Crippen molar-refractivity contribution in [2.45, 2.75) is 31.9 Å². The first-order valence-corrected chi connectivity index (χ1v) is 8.11. The van der Waals surface area contributed by atoms with E-state index in [-0.39, 0.29) is 5.82 Å². The highest BCUT2D eigenvalue weighted by molar-refractivity contribution is 5.55. The highest BCUT2D eigenvalue weighted by Gasteiger charge is 2.52. The Hall–Kier alpha value is -1.90. The van der Waals surface area contributed by atoms with Crippen LogP contribution in [0.25, 0.3) is 11.4 Å². The number of rotatable bonds is 5. The summed E-state index contributed by atoms with van der Waals surface area (Å²) in [5, 5.41) is 13.3. The van der Waals surface area contributed by atoms with Gasteiger partial charge in [0.15, 0.2) is 0 Å². The van der Waals surface area contributed by atoms with Crippen LogP contribution in [0, 0.1) is 0 Å². The van der Waals surface area contributed by atoms with Gasteiger partial charge in [0.1, 0.15) is 5.60 Å². The molecule has 0 aliphatic carbocycles. The van der Waals surface area contributed by atoms with Crippen LogP contribution in [0.3, 0.4) is 0 Å². The maximum atomic E-state index is 14.1. The highest BCUT2D eigenvalue weighted by Crippen LogP contribution is 2.38. The van der Waals surface area contributed by atoms with Crippen LogP contribution in [-0.4, -0.2) is 52.1 Å². The lowest BCUT2D eigenvalue weighted by molar-refractivity contribution is -0.183. The average molecular weight is 353 g/mol. The first-order chi connectivity index (χ1) is 11.8. The molecule has 136 valence electrons. The fraction of sp³-hybridized carbons (Fsp3) is 0.529. The van der Waals surface area contributed by atoms with Crippen molar-refractivity contribution >= 4 is 0 Å². The van der Waals surface area contributed by atoms with Gasteiger partial charge in [-0.25, -0.2) is 0 Å². The molecular formula is C17H21F2N3O3. The zero-order valence-electron chi connectivity index (χ0n) is 14.2. The number of nitrogens with zero attached hydrogens (tertiary/aromatic N) is 3. The van der Waals surface area contributed by atoms with E-state index in [9.17, 15) is 13.9 Å². The first kappa shape index (κ1) is 17.9. The molecule has 0 saturated carbocycles. The fourth-order valence-corrected chi connectivity index (χ4v) is 2.56. The molecule has 6 nitrogen and oxygen atoms in total. The molecule has 0 amide bonds. The summed E-state index contributed by atoms with van der Waals surface area (Å²) in [5.74, 6) is -4.46. The first-order valence-electron chi connectivity index (χ1n) is 8.11. The molecule has 0 unspecified atom stereocenters. The van der Waals surface area contributed by atoms with Gasteiger partial charge in [0.25, 0.3) is 0 Å². The third-order valence-corrected chi connectivity index (χ3v) is 4.16. The van der Waals surface area contributed by atoms with Gasteiger partial charge in [0.05, 0.1) is 13.2 Å². The molecule has 0 bridgehead atoms. The van der Waals surface area contributed by atoms with Gasteiger partial charge in [-0.15, -0.1) is 0 Å². The van der Waals surface area contributed by atoms with Crippen LogP contribution in [0.1, 0.15) is 25.3 Å². The smallest absolute Gasteiger partial charge is 0.352 e. The second-order valence-electron chi connectivity index (χ2n) is 6.65. The van der Waals surface area contributed by atoms with Gasteiger partial charge in [-0.2, -0.15) is 13.8 Å². The molecule has 1 N–H and O–H groups in total. The normalized spacial score (nSPS) is 17.0. The van der Waals surface area contributed by atoms with Crippen LogP contribution < -0.4 is 0 Å². The van der Waals surface area contributed by atoms with Gasteiger partial charge in [-0.1, -0.05) is 23.4 Å². The Morgan fingerprint density at radius 3 is 2.64 bits per heavy atom. The Morgan fingerprint density at radius 1 is 1.24 bits per heavy atom. The van der Waals surface area contributed by atoms with Gasteiger partial charge < -0.3 is 14.4 Å². The number of aliphatic hydroxyl groups is 1. The molecule has 0 spiro atoms. The minimum absolute atomic E-state index is 0.0720. The SMILES string of the molecule is CC(C)(O)C(F)(F)c1nc(-c2cccc(CN3CCOCC3)c2)no1. The average Bonchev–Trinajstić information content (AvgIpc) is 3.06. The van der Waals surface area contributed by atoms with Crippen molar-refractivity contribution in [2.24, 2.45) is 0 Å². The fourth-order valence-electron chi connectivity index (χ4n) is 2.56. The van der Waals surface area contributed by atoms with Gasteiger partial charge >= 0.3 is 11.8 Å². The maximum absolute atomic E-state index is 14.1. The van der Waals surface area contributed by atoms with E-state index >= 15 is 0 Å². The molecule has 1 aliphatic heterocycles. The zero-order valence-corrected chi connectivity index (χ0v) is 14.2. The van der Waals surface area contributed by atoms with Crippen LogP contribution in [-0.2, 0) is 17.2 Å². The van der Waals surface area contributed by atoms with Crippen LogP contribution in [0.2, 0.25) is 0 Å². The second-order valence-corrected chi connectivity index (χ2v) is 6.65. The zero-order chi connectivity index (χ0) is 18.1. The van der Waals surface area contributed by atoms with Crippen molar-refractivity contribution in [1.82, 2.24) is 15.0 Å². The predicted octanol–water partition coefficient (Wildman–Crippen LogP) is 2.43. The molecule has 0 radical (unpaired) electrons. The number of benzene rings is 1. The Morgan fingerprint density at radius 2 is 1.96 bits per heavy atom. The molecule has 1 aliphatic rings. The standard InChI is InChI=1S/C17H21F2N3O3/c1-16(2,23)17(18,19)15-20-14(21-25-15)13-5-3-4-12(10-13)11-22-6-8-24-9-7-22/h3-5,10,23H,6-9,11H2,1-2H3. The van der Waals surface area contributed by atoms with Crippen molar-refractivity contribution in [3.05, 3.63) is 35.7 Å². The number of aromatic nitrogens is 2. The second kappa shape index (κ2) is 6.78. The molecule has 0 atom stereocenters. The summed E-state index contributed by atoms with van der Waals surface area (Å²) in [5.41, 5.74) is -0.679. The molecule has 1 saturated heterocycles. The van der Waals surface area contributed by atoms with E-state index in [1.165, 1.54) is 0 Å². The number of hydrogen-bond donors (Lipinski definition) is 1. The van der Waals surface area contributed by atoms with E-state index in [0.717, 1.165) is 39.0 Å². The van der Waals surface area contributed by atoms with Gasteiger partial charge in [-0.3, -0.25) is 4.90 Å². The van der Waals surface area contributed by atoms with Gasteiger partial charge in [0.2, 0.25) is 5.82 Å². The lowest BCUT2D eigenvalue weighted by Crippen LogP contribution is -2.40. The number of hydrogen-bond acceptors (Lipinski definition) is 6. The van der Waals surface area contributed by atoms with Gasteiger partial charge in [0, 0.05) is 25.2 Å². The van der Waals surface area contributed by atoms with Gasteiger partial charge in [-0.05, 0) is 25.5 Å². The largest absolute Gasteiger partial charge is 0.384 e. The van der Waals surface area contributed by atoms with Crippen molar-refractivity contribution < 1.29 is 23.1 Å². The summed E-state index contributed by atoms with van der Waals surface area (Å²) in [6.45, 7) is 5.87. The summed E-state index contributed by atoms with van der Waals surface area (Å²) in [4.78, 5) is 6.04. The Labute approximate surface area is 144 Å². The van der Waals surface area contributed by atoms with Crippen LogP contribution in [0.15, 0.2) is 28.8 Å². The van der Waals surface area contributed by atoms with E-state index in [0.29, 0.717) is 18.8 Å². The summed E-state index contributed by atoms with van der Waals surface area (Å²) in [6, 6.07) is 7.38. The number of halogens is 2. The quantitative estimate of drug-likeness (QED) is 0.890. The number of morpholine rings is 1. The van der Waals surface area contributed by atoms with Crippen LogP contribution in [0.4, 0.5) is 8.78 Å². The lowest BCUT2D eigenvalue weighted by Gasteiger charge is -2.26. The monoisotopic (exact) mass is 353 g/mol. The van der Waals surface area contributed by atoms with Crippen molar-refractivity contribution in [2.75, 3.05) is 26.3 Å². The molecular weight excluding hydrogens is 332 g/mol. The molecule has 25 heavy (non-hydrogen) atoms. The van der Waals surface area contributed by atoms with Crippen molar-refractivity contribution in [1.29, 1.82) is 0 Å². The summed E-state index contributed by atoms with van der Waals surface area (Å²) in [7, 11) is 0. The molecule has 1 aromatic heterocycles. The summed E-state index contributed by atoms with van der Waals surface area (Å²) < 4.78 is 38.3. The Balaban J connectivity index is 1.80. The maximum Gasteiger partial charge on any atom is 0.352 e. The van der Waals surface area contributed by atoms with E-state index in [4.69, 9.17) is 9.26 Å². The van der Waals surface area contributed by atoms with E-state index in [1.807, 2.05) is 18.2 Å². The third-order valence-electron chi connectivity index (χ3n) is 4.16. The number of ether oxygens (including phenoxy) is 1. The minimum atomic E-state index is -3.64.